The molecule has 1 aromatic carbocycles. The van der Waals surface area contributed by atoms with Crippen LogP contribution < -0.4 is 4.72 Å². The average molecular weight is 422 g/mol. The molecule has 1 aliphatic rings. The van der Waals surface area contributed by atoms with Crippen LogP contribution in [0.2, 0.25) is 0 Å². The normalized spacial score (nSPS) is 14.4. The van der Waals surface area contributed by atoms with Gasteiger partial charge in [-0.2, -0.15) is 4.98 Å². The summed E-state index contributed by atoms with van der Waals surface area (Å²) in [4.78, 5) is 4.33. The number of hydrogen-bond donors (Lipinski definition) is 1. The number of anilines is 1. The fourth-order valence-electron chi connectivity index (χ4n) is 3.52. The van der Waals surface area contributed by atoms with Crippen LogP contribution in [0.25, 0.3) is 11.5 Å². The average Bonchev–Trinajstić information content (AvgIpc) is 3.32. The van der Waals surface area contributed by atoms with Gasteiger partial charge in [-0.25, -0.2) is 17.2 Å². The number of rotatable bonds is 6. The lowest BCUT2D eigenvalue weighted by atomic mass is 10.2. The topological polar surface area (TPSA) is 90.0 Å². The van der Waals surface area contributed by atoms with Crippen LogP contribution in [0, 0.1) is 25.5 Å². The Bertz CT molecular complexity index is 1200. The Hall–Kier alpha value is -2.75. The Morgan fingerprint density at radius 1 is 1.24 bits per heavy atom. The monoisotopic (exact) mass is 422 g/mol. The zero-order chi connectivity index (χ0) is 20.9. The summed E-state index contributed by atoms with van der Waals surface area (Å²) in [6.45, 7) is 5.84. The Labute approximate surface area is 166 Å². The summed E-state index contributed by atoms with van der Waals surface area (Å²) in [5, 5.41) is 3.98. The van der Waals surface area contributed by atoms with Gasteiger partial charge >= 0.3 is 0 Å². The lowest BCUT2D eigenvalue weighted by Gasteiger charge is -2.10. The van der Waals surface area contributed by atoms with Crippen molar-refractivity contribution in [3.63, 3.8) is 0 Å². The molecule has 4 rings (SSSR count). The van der Waals surface area contributed by atoms with Crippen LogP contribution in [0.1, 0.15) is 42.9 Å². The van der Waals surface area contributed by atoms with Crippen molar-refractivity contribution in [3.05, 3.63) is 47.0 Å². The predicted octanol–water partition coefficient (Wildman–Crippen LogP) is 4.13. The first kappa shape index (κ1) is 19.6. The quantitative estimate of drug-likeness (QED) is 0.645. The van der Waals surface area contributed by atoms with Crippen molar-refractivity contribution in [1.29, 1.82) is 0 Å². The van der Waals surface area contributed by atoms with Gasteiger partial charge in [0, 0.05) is 29.9 Å². The lowest BCUT2D eigenvalue weighted by Crippen LogP contribution is -2.16. The molecular formula is C19H20F2N4O3S. The van der Waals surface area contributed by atoms with E-state index in [0.717, 1.165) is 25.0 Å². The third-order valence-electron chi connectivity index (χ3n) is 5.09. The van der Waals surface area contributed by atoms with E-state index in [0.29, 0.717) is 35.4 Å². The van der Waals surface area contributed by atoms with Crippen LogP contribution in [-0.2, 0) is 16.6 Å². The molecule has 0 unspecified atom stereocenters. The highest BCUT2D eigenvalue weighted by atomic mass is 32.2. The van der Waals surface area contributed by atoms with E-state index in [2.05, 4.69) is 14.9 Å². The maximum atomic E-state index is 14.1. The molecule has 10 heteroatoms. The maximum Gasteiger partial charge on any atom is 0.264 e. The van der Waals surface area contributed by atoms with Crippen LogP contribution in [0.5, 0.6) is 0 Å². The second-order valence-corrected chi connectivity index (χ2v) is 8.70. The first-order chi connectivity index (χ1) is 13.7. The Kier molecular flexibility index (Phi) is 4.68. The number of hydrogen-bond acceptors (Lipinski definition) is 5. The smallest absolute Gasteiger partial charge is 0.264 e. The molecule has 0 spiro atoms. The van der Waals surface area contributed by atoms with Gasteiger partial charge in [0.05, 0.1) is 11.3 Å². The molecule has 2 heterocycles. The van der Waals surface area contributed by atoms with Gasteiger partial charge in [0.1, 0.15) is 16.5 Å². The van der Waals surface area contributed by atoms with Crippen molar-refractivity contribution >= 4 is 15.7 Å². The second kappa shape index (κ2) is 6.94. The Morgan fingerprint density at radius 2 is 1.97 bits per heavy atom. The van der Waals surface area contributed by atoms with Crippen molar-refractivity contribution in [2.75, 3.05) is 4.72 Å². The van der Waals surface area contributed by atoms with Gasteiger partial charge < -0.3 is 9.09 Å². The zero-order valence-corrected chi connectivity index (χ0v) is 17.0. The summed E-state index contributed by atoms with van der Waals surface area (Å²) in [6, 6.07) is 2.64. The van der Waals surface area contributed by atoms with E-state index in [1.54, 1.807) is 13.8 Å². The van der Waals surface area contributed by atoms with E-state index in [-0.39, 0.29) is 22.4 Å². The summed E-state index contributed by atoms with van der Waals surface area (Å²) >= 11 is 0. The number of sulfonamides is 1. The summed E-state index contributed by atoms with van der Waals surface area (Å²) in [5.74, 6) is -0.891. The fourth-order valence-corrected chi connectivity index (χ4v) is 5.08. The van der Waals surface area contributed by atoms with E-state index in [4.69, 9.17) is 4.52 Å². The molecule has 7 nitrogen and oxygen atoms in total. The SMILES string of the molecule is CCn1c(C)c(-c2nc(C3CC3)no2)c(S(=O)(=O)Nc2ccc(F)cc2F)c1C. The molecule has 29 heavy (non-hydrogen) atoms. The maximum absolute atomic E-state index is 14.1. The van der Waals surface area contributed by atoms with Crippen LogP contribution in [0.3, 0.4) is 0 Å². The predicted molar refractivity (Wildman–Crippen MR) is 102 cm³/mol. The third kappa shape index (κ3) is 3.41. The highest BCUT2D eigenvalue weighted by molar-refractivity contribution is 7.93. The highest BCUT2D eigenvalue weighted by Crippen LogP contribution is 2.41. The standard InChI is InChI=1S/C19H20F2N4O3S/c1-4-25-10(2)16(19-22-18(23-28-19)12-5-6-12)17(11(25)3)29(26,27)24-15-8-7-13(20)9-14(15)21/h7-9,12,24H,4-6H2,1-3H3. The minimum Gasteiger partial charge on any atom is -0.347 e. The molecule has 0 atom stereocenters. The second-order valence-electron chi connectivity index (χ2n) is 7.08. The molecule has 0 radical (unpaired) electrons. The van der Waals surface area contributed by atoms with E-state index in [9.17, 15) is 17.2 Å². The van der Waals surface area contributed by atoms with Crippen LogP contribution in [-0.4, -0.2) is 23.1 Å². The van der Waals surface area contributed by atoms with Crippen LogP contribution >= 0.6 is 0 Å². The van der Waals surface area contributed by atoms with Crippen molar-refractivity contribution in [3.8, 4) is 11.5 Å². The highest BCUT2D eigenvalue weighted by Gasteiger charge is 2.34. The van der Waals surface area contributed by atoms with Gasteiger partial charge in [0.15, 0.2) is 5.82 Å². The van der Waals surface area contributed by atoms with Gasteiger partial charge in [-0.3, -0.25) is 4.72 Å². The summed E-state index contributed by atoms with van der Waals surface area (Å²) < 4.78 is 63.1. The third-order valence-corrected chi connectivity index (χ3v) is 6.61. The number of aromatic nitrogens is 3. The molecule has 0 saturated heterocycles. The molecule has 1 N–H and O–H groups in total. The van der Waals surface area contributed by atoms with Gasteiger partial charge in [0.2, 0.25) is 0 Å². The van der Waals surface area contributed by atoms with Crippen LogP contribution in [0.15, 0.2) is 27.6 Å². The summed E-state index contributed by atoms with van der Waals surface area (Å²) in [5.41, 5.74) is 1.05. The van der Waals surface area contributed by atoms with Crippen molar-refractivity contribution in [2.45, 2.75) is 51.0 Å². The van der Waals surface area contributed by atoms with Crippen molar-refractivity contribution in [1.82, 2.24) is 14.7 Å². The van der Waals surface area contributed by atoms with Gasteiger partial charge in [0.25, 0.3) is 15.9 Å². The zero-order valence-electron chi connectivity index (χ0n) is 16.2. The van der Waals surface area contributed by atoms with Crippen molar-refractivity contribution in [2.24, 2.45) is 0 Å². The summed E-state index contributed by atoms with van der Waals surface area (Å²) in [6.07, 6.45) is 1.95. The van der Waals surface area contributed by atoms with E-state index < -0.39 is 21.7 Å². The molecular weight excluding hydrogens is 402 g/mol. The summed E-state index contributed by atoms with van der Waals surface area (Å²) in [7, 11) is -4.23. The molecule has 1 aliphatic carbocycles. The van der Waals surface area contributed by atoms with Gasteiger partial charge in [-0.15, -0.1) is 0 Å². The molecule has 0 bridgehead atoms. The first-order valence-electron chi connectivity index (χ1n) is 9.24. The molecule has 1 fully saturated rings. The van der Waals surface area contributed by atoms with E-state index in [1.807, 2.05) is 11.5 Å². The van der Waals surface area contributed by atoms with Crippen molar-refractivity contribution < 1.29 is 21.7 Å². The molecule has 2 aromatic heterocycles. The van der Waals surface area contributed by atoms with Gasteiger partial charge in [-0.05, 0) is 45.7 Å². The number of nitrogens with one attached hydrogen (secondary N) is 1. The number of nitrogens with zero attached hydrogens (tertiary/aromatic N) is 3. The number of benzene rings is 1. The van der Waals surface area contributed by atoms with E-state index >= 15 is 0 Å². The molecule has 0 amide bonds. The minimum atomic E-state index is -4.23. The minimum absolute atomic E-state index is 0.0634. The molecule has 1 saturated carbocycles. The first-order valence-corrected chi connectivity index (χ1v) is 10.7. The van der Waals surface area contributed by atoms with Crippen LogP contribution in [0.4, 0.5) is 14.5 Å². The van der Waals surface area contributed by atoms with Gasteiger partial charge in [-0.1, -0.05) is 5.16 Å². The fraction of sp³-hybridized carbons (Fsp3) is 0.368. The molecule has 3 aromatic rings. The number of halogens is 2. The molecule has 0 aliphatic heterocycles. The lowest BCUT2D eigenvalue weighted by molar-refractivity contribution is 0.421. The largest absolute Gasteiger partial charge is 0.347 e. The Balaban J connectivity index is 1.85. The molecule has 154 valence electrons. The van der Waals surface area contributed by atoms with E-state index in [1.165, 1.54) is 0 Å². The Morgan fingerprint density at radius 3 is 2.59 bits per heavy atom.